The zero-order valence-electron chi connectivity index (χ0n) is 12.8. The molecule has 1 saturated carbocycles. The molecule has 0 bridgehead atoms. The molecular formula is C16H19N3O2S. The summed E-state index contributed by atoms with van der Waals surface area (Å²) >= 11 is 1.69. The smallest absolute Gasteiger partial charge is 0.246 e. The Labute approximate surface area is 134 Å². The molecule has 1 heterocycles. The van der Waals surface area contributed by atoms with Crippen LogP contribution in [0.25, 0.3) is 0 Å². The number of nitrogens with zero attached hydrogens (tertiary/aromatic N) is 3. The zero-order valence-corrected chi connectivity index (χ0v) is 13.6. The van der Waals surface area contributed by atoms with Gasteiger partial charge in [-0.3, -0.25) is 4.79 Å². The number of rotatable bonds is 6. The molecule has 22 heavy (non-hydrogen) atoms. The van der Waals surface area contributed by atoms with Crippen molar-refractivity contribution in [1.82, 2.24) is 15.0 Å². The van der Waals surface area contributed by atoms with Gasteiger partial charge in [0.1, 0.15) is 0 Å². The SMILES string of the molecule is CSc1ccc(CC(=O)N(C)Cc2nc(C3CC3)no2)cc1. The molecule has 1 amide bonds. The molecule has 0 aliphatic heterocycles. The van der Waals surface area contributed by atoms with Crippen molar-refractivity contribution in [3.05, 3.63) is 41.5 Å². The predicted octanol–water partition coefficient (Wildman–Crippen LogP) is 2.87. The molecule has 0 unspecified atom stereocenters. The van der Waals surface area contributed by atoms with Crippen LogP contribution in [-0.4, -0.2) is 34.3 Å². The van der Waals surface area contributed by atoms with Crippen molar-refractivity contribution in [2.24, 2.45) is 0 Å². The lowest BCUT2D eigenvalue weighted by Crippen LogP contribution is -2.27. The molecule has 1 fully saturated rings. The topological polar surface area (TPSA) is 59.2 Å². The molecular weight excluding hydrogens is 298 g/mol. The second-order valence-corrected chi connectivity index (χ2v) is 6.47. The fourth-order valence-electron chi connectivity index (χ4n) is 2.18. The van der Waals surface area contributed by atoms with E-state index in [2.05, 4.69) is 10.1 Å². The Morgan fingerprint density at radius 1 is 1.36 bits per heavy atom. The van der Waals surface area contributed by atoms with Crippen LogP contribution in [0, 0.1) is 0 Å². The third-order valence-electron chi connectivity index (χ3n) is 3.74. The monoisotopic (exact) mass is 317 g/mol. The van der Waals surface area contributed by atoms with Gasteiger partial charge in [-0.05, 0) is 36.8 Å². The standard InChI is InChI=1S/C16H19N3O2S/c1-19(10-14-17-16(18-21-14)12-5-6-12)15(20)9-11-3-7-13(22-2)8-4-11/h3-4,7-8,12H,5-6,9-10H2,1-2H3. The van der Waals surface area contributed by atoms with E-state index < -0.39 is 0 Å². The molecule has 0 N–H and O–H groups in total. The summed E-state index contributed by atoms with van der Waals surface area (Å²) in [5.41, 5.74) is 1.01. The molecule has 6 heteroatoms. The summed E-state index contributed by atoms with van der Waals surface area (Å²) in [6.45, 7) is 0.363. The highest BCUT2D eigenvalue weighted by atomic mass is 32.2. The van der Waals surface area contributed by atoms with Crippen LogP contribution >= 0.6 is 11.8 Å². The van der Waals surface area contributed by atoms with Crippen LogP contribution in [0.3, 0.4) is 0 Å². The van der Waals surface area contributed by atoms with Gasteiger partial charge in [-0.15, -0.1) is 11.8 Å². The average molecular weight is 317 g/mol. The molecule has 1 aliphatic rings. The Morgan fingerprint density at radius 2 is 2.09 bits per heavy atom. The van der Waals surface area contributed by atoms with Gasteiger partial charge in [-0.25, -0.2) is 0 Å². The number of carbonyl (C=O) groups excluding carboxylic acids is 1. The molecule has 0 radical (unpaired) electrons. The lowest BCUT2D eigenvalue weighted by molar-refractivity contribution is -0.130. The minimum absolute atomic E-state index is 0.0445. The van der Waals surface area contributed by atoms with Crippen LogP contribution in [0.4, 0.5) is 0 Å². The first-order valence-corrected chi connectivity index (χ1v) is 8.57. The van der Waals surface area contributed by atoms with Crippen LogP contribution in [-0.2, 0) is 17.8 Å². The van der Waals surface area contributed by atoms with E-state index in [1.165, 1.54) is 4.90 Å². The summed E-state index contributed by atoms with van der Waals surface area (Å²) in [5.74, 6) is 1.80. The van der Waals surface area contributed by atoms with E-state index in [-0.39, 0.29) is 5.91 Å². The number of carbonyl (C=O) groups is 1. The predicted molar refractivity (Wildman–Crippen MR) is 84.7 cm³/mol. The molecule has 1 aromatic heterocycles. The molecule has 3 rings (SSSR count). The molecule has 0 saturated heterocycles. The molecule has 2 aromatic rings. The van der Waals surface area contributed by atoms with Crippen LogP contribution < -0.4 is 0 Å². The first-order chi connectivity index (χ1) is 10.7. The number of aromatic nitrogens is 2. The summed E-state index contributed by atoms with van der Waals surface area (Å²) < 4.78 is 5.21. The highest BCUT2D eigenvalue weighted by Gasteiger charge is 2.29. The second kappa shape index (κ2) is 6.52. The van der Waals surface area contributed by atoms with Gasteiger partial charge in [-0.1, -0.05) is 17.3 Å². The van der Waals surface area contributed by atoms with Crippen LogP contribution in [0.15, 0.2) is 33.7 Å². The first-order valence-electron chi connectivity index (χ1n) is 7.35. The Bertz CT molecular complexity index is 650. The molecule has 0 spiro atoms. The minimum atomic E-state index is 0.0445. The second-order valence-electron chi connectivity index (χ2n) is 5.60. The fraction of sp³-hybridized carbons (Fsp3) is 0.438. The van der Waals surface area contributed by atoms with E-state index >= 15 is 0 Å². The molecule has 1 aromatic carbocycles. The van der Waals surface area contributed by atoms with Gasteiger partial charge in [0.15, 0.2) is 5.82 Å². The number of benzene rings is 1. The number of amides is 1. The van der Waals surface area contributed by atoms with Crippen molar-refractivity contribution in [2.75, 3.05) is 13.3 Å². The van der Waals surface area contributed by atoms with Crippen molar-refractivity contribution in [2.45, 2.75) is 36.6 Å². The number of hydrogen-bond acceptors (Lipinski definition) is 5. The van der Waals surface area contributed by atoms with Crippen LogP contribution in [0.1, 0.15) is 36.0 Å². The van der Waals surface area contributed by atoms with Gasteiger partial charge in [0.2, 0.25) is 11.8 Å². The maximum Gasteiger partial charge on any atom is 0.246 e. The van der Waals surface area contributed by atoms with Gasteiger partial charge in [-0.2, -0.15) is 4.98 Å². The van der Waals surface area contributed by atoms with Gasteiger partial charge in [0.05, 0.1) is 13.0 Å². The Kier molecular flexibility index (Phi) is 4.47. The lowest BCUT2D eigenvalue weighted by atomic mass is 10.1. The highest BCUT2D eigenvalue weighted by Crippen LogP contribution is 2.38. The van der Waals surface area contributed by atoms with Gasteiger partial charge in [0.25, 0.3) is 0 Å². The lowest BCUT2D eigenvalue weighted by Gasteiger charge is -2.14. The number of hydrogen-bond donors (Lipinski definition) is 0. The molecule has 1 aliphatic carbocycles. The largest absolute Gasteiger partial charge is 0.337 e. The fourth-order valence-corrected chi connectivity index (χ4v) is 2.59. The minimum Gasteiger partial charge on any atom is -0.337 e. The van der Waals surface area contributed by atoms with Crippen LogP contribution in [0.2, 0.25) is 0 Å². The number of thioether (sulfide) groups is 1. The van der Waals surface area contributed by atoms with Gasteiger partial charge < -0.3 is 9.42 Å². The number of likely N-dealkylation sites (N-methyl/N-ethyl adjacent to an activating group) is 1. The Balaban J connectivity index is 1.55. The van der Waals surface area contributed by atoms with E-state index in [9.17, 15) is 4.79 Å². The summed E-state index contributed by atoms with van der Waals surface area (Å²) in [6.07, 6.45) is 4.70. The third-order valence-corrected chi connectivity index (χ3v) is 4.48. The summed E-state index contributed by atoms with van der Waals surface area (Å²) in [4.78, 5) is 19.4. The molecule has 5 nitrogen and oxygen atoms in total. The van der Waals surface area contributed by atoms with Crippen molar-refractivity contribution in [3.8, 4) is 0 Å². The molecule has 0 atom stereocenters. The zero-order chi connectivity index (χ0) is 15.5. The van der Waals surface area contributed by atoms with Crippen LogP contribution in [0.5, 0.6) is 0 Å². The summed E-state index contributed by atoms with van der Waals surface area (Å²) in [7, 11) is 1.76. The van der Waals surface area contributed by atoms with E-state index in [0.717, 1.165) is 24.2 Å². The summed E-state index contributed by atoms with van der Waals surface area (Å²) in [6, 6.07) is 8.06. The first kappa shape index (κ1) is 15.1. The van der Waals surface area contributed by atoms with Crippen molar-refractivity contribution >= 4 is 17.7 Å². The van der Waals surface area contributed by atoms with Gasteiger partial charge >= 0.3 is 0 Å². The van der Waals surface area contributed by atoms with E-state index in [1.807, 2.05) is 30.5 Å². The van der Waals surface area contributed by atoms with E-state index in [1.54, 1.807) is 23.7 Å². The van der Waals surface area contributed by atoms with E-state index in [4.69, 9.17) is 4.52 Å². The highest BCUT2D eigenvalue weighted by molar-refractivity contribution is 7.98. The Hall–Kier alpha value is -1.82. The van der Waals surface area contributed by atoms with Gasteiger partial charge in [0, 0.05) is 17.9 Å². The van der Waals surface area contributed by atoms with E-state index in [0.29, 0.717) is 24.8 Å². The average Bonchev–Trinajstić information content (AvgIpc) is 3.28. The van der Waals surface area contributed by atoms with Crippen molar-refractivity contribution in [3.63, 3.8) is 0 Å². The van der Waals surface area contributed by atoms with Crippen molar-refractivity contribution < 1.29 is 9.32 Å². The maximum absolute atomic E-state index is 12.3. The normalized spacial score (nSPS) is 14.1. The van der Waals surface area contributed by atoms with Crippen molar-refractivity contribution in [1.29, 1.82) is 0 Å². The Morgan fingerprint density at radius 3 is 2.73 bits per heavy atom. The molecule has 116 valence electrons. The maximum atomic E-state index is 12.3. The quantitative estimate of drug-likeness (QED) is 0.767. The summed E-state index contributed by atoms with van der Waals surface area (Å²) in [5, 5.41) is 3.97. The third kappa shape index (κ3) is 3.68.